The van der Waals surface area contributed by atoms with Gasteiger partial charge in [-0.3, -0.25) is 0 Å². The highest BCUT2D eigenvalue weighted by Gasteiger charge is 2.30. The number of anilines is 1. The number of likely N-dealkylation sites (tertiary alicyclic amines) is 1. The highest BCUT2D eigenvalue weighted by atomic mass is 16.6. The molecule has 0 spiro atoms. The summed E-state index contributed by atoms with van der Waals surface area (Å²) in [5.74, 6) is 0. The quantitative estimate of drug-likeness (QED) is 0.880. The summed E-state index contributed by atoms with van der Waals surface area (Å²) in [7, 11) is 0. The van der Waals surface area contributed by atoms with Crippen LogP contribution in [-0.2, 0) is 9.47 Å². The average molecular weight is 352 g/mol. The number of ether oxygens (including phenoxy) is 2. The van der Waals surface area contributed by atoms with Crippen LogP contribution in [-0.4, -0.2) is 57.2 Å². The molecule has 8 heteroatoms. The summed E-state index contributed by atoms with van der Waals surface area (Å²) in [6, 6.07) is 0.0869. The van der Waals surface area contributed by atoms with Gasteiger partial charge in [-0.1, -0.05) is 0 Å². The SMILES string of the molecule is CC(C)(C)OC(=O)N1CCC(Nc2cnn(C(=O)OC(C)(C)C)c2)C1. The van der Waals surface area contributed by atoms with Crippen LogP contribution in [0.15, 0.2) is 12.4 Å². The van der Waals surface area contributed by atoms with E-state index in [0.717, 1.165) is 11.1 Å². The molecule has 25 heavy (non-hydrogen) atoms. The largest absolute Gasteiger partial charge is 0.444 e. The first-order valence-electron chi connectivity index (χ1n) is 8.45. The molecule has 0 radical (unpaired) electrons. The molecule has 1 fully saturated rings. The third-order valence-electron chi connectivity index (χ3n) is 3.37. The second kappa shape index (κ2) is 6.93. The molecule has 1 amide bonds. The third-order valence-corrected chi connectivity index (χ3v) is 3.37. The van der Waals surface area contributed by atoms with Crippen molar-refractivity contribution in [1.29, 1.82) is 0 Å². The van der Waals surface area contributed by atoms with E-state index in [0.29, 0.717) is 18.8 Å². The highest BCUT2D eigenvalue weighted by molar-refractivity contribution is 5.71. The second-order valence-electron chi connectivity index (χ2n) is 8.21. The molecule has 140 valence electrons. The Bertz CT molecular complexity index is 627. The van der Waals surface area contributed by atoms with E-state index in [9.17, 15) is 9.59 Å². The van der Waals surface area contributed by atoms with Crippen molar-refractivity contribution in [2.75, 3.05) is 18.4 Å². The van der Waals surface area contributed by atoms with E-state index in [1.807, 2.05) is 20.8 Å². The number of carbonyl (C=O) groups excluding carboxylic acids is 2. The van der Waals surface area contributed by atoms with Crippen molar-refractivity contribution < 1.29 is 19.1 Å². The summed E-state index contributed by atoms with van der Waals surface area (Å²) in [6.07, 6.45) is 3.13. The average Bonchev–Trinajstić information content (AvgIpc) is 3.04. The van der Waals surface area contributed by atoms with Gasteiger partial charge in [0, 0.05) is 19.1 Å². The Hall–Kier alpha value is -2.25. The summed E-state index contributed by atoms with van der Waals surface area (Å²) in [5, 5.41) is 7.31. The van der Waals surface area contributed by atoms with Gasteiger partial charge in [-0.15, -0.1) is 0 Å². The van der Waals surface area contributed by atoms with Crippen LogP contribution in [0.25, 0.3) is 0 Å². The Morgan fingerprint density at radius 1 is 1.12 bits per heavy atom. The van der Waals surface area contributed by atoms with Crippen LogP contribution < -0.4 is 5.32 Å². The maximum atomic E-state index is 12.1. The molecule has 0 bridgehead atoms. The minimum Gasteiger partial charge on any atom is -0.444 e. The first kappa shape index (κ1) is 19.1. The monoisotopic (exact) mass is 352 g/mol. The van der Waals surface area contributed by atoms with E-state index >= 15 is 0 Å². The number of carbonyl (C=O) groups is 2. The van der Waals surface area contributed by atoms with Crippen LogP contribution in [0, 0.1) is 0 Å². The lowest BCUT2D eigenvalue weighted by Gasteiger charge is -2.24. The fraction of sp³-hybridized carbons (Fsp3) is 0.706. The van der Waals surface area contributed by atoms with Gasteiger partial charge in [-0.2, -0.15) is 9.78 Å². The predicted octanol–water partition coefficient (Wildman–Crippen LogP) is 3.09. The van der Waals surface area contributed by atoms with Crippen LogP contribution in [0.1, 0.15) is 48.0 Å². The Balaban J connectivity index is 1.88. The van der Waals surface area contributed by atoms with Crippen molar-refractivity contribution in [3.8, 4) is 0 Å². The van der Waals surface area contributed by atoms with Crippen LogP contribution in [0.2, 0.25) is 0 Å². The minimum absolute atomic E-state index is 0.0869. The molecule has 1 aromatic heterocycles. The van der Waals surface area contributed by atoms with E-state index in [2.05, 4.69) is 10.4 Å². The summed E-state index contributed by atoms with van der Waals surface area (Å²) >= 11 is 0. The molecule has 1 aliphatic rings. The molecule has 0 saturated carbocycles. The van der Waals surface area contributed by atoms with Crippen molar-refractivity contribution >= 4 is 17.9 Å². The number of aromatic nitrogens is 2. The fourth-order valence-corrected chi connectivity index (χ4v) is 2.41. The number of rotatable bonds is 2. The zero-order valence-electron chi connectivity index (χ0n) is 15.8. The molecule has 8 nitrogen and oxygen atoms in total. The number of hydrogen-bond donors (Lipinski definition) is 1. The zero-order chi connectivity index (χ0) is 18.8. The summed E-state index contributed by atoms with van der Waals surface area (Å²) in [5.41, 5.74) is -0.366. The molecule has 2 heterocycles. The maximum absolute atomic E-state index is 12.1. The van der Waals surface area contributed by atoms with E-state index in [-0.39, 0.29) is 12.1 Å². The van der Waals surface area contributed by atoms with Gasteiger partial charge in [0.2, 0.25) is 0 Å². The van der Waals surface area contributed by atoms with Crippen molar-refractivity contribution in [1.82, 2.24) is 14.7 Å². The van der Waals surface area contributed by atoms with Gasteiger partial charge in [0.15, 0.2) is 0 Å². The molecular formula is C17H28N4O4. The molecule has 1 aromatic rings. The molecular weight excluding hydrogens is 324 g/mol. The van der Waals surface area contributed by atoms with Crippen LogP contribution >= 0.6 is 0 Å². The summed E-state index contributed by atoms with van der Waals surface area (Å²) in [6.45, 7) is 12.1. The van der Waals surface area contributed by atoms with Crippen molar-refractivity contribution in [3.63, 3.8) is 0 Å². The van der Waals surface area contributed by atoms with E-state index in [1.54, 1.807) is 38.1 Å². The zero-order valence-corrected chi connectivity index (χ0v) is 15.8. The summed E-state index contributed by atoms with van der Waals surface area (Å²) < 4.78 is 11.8. The number of nitrogens with zero attached hydrogens (tertiary/aromatic N) is 3. The normalized spacial score (nSPS) is 18.2. The lowest BCUT2D eigenvalue weighted by Crippen LogP contribution is -2.36. The number of hydrogen-bond acceptors (Lipinski definition) is 6. The molecule has 2 rings (SSSR count). The van der Waals surface area contributed by atoms with Crippen LogP contribution in [0.3, 0.4) is 0 Å². The second-order valence-corrected chi connectivity index (χ2v) is 8.21. The first-order valence-corrected chi connectivity index (χ1v) is 8.45. The highest BCUT2D eigenvalue weighted by Crippen LogP contribution is 2.19. The van der Waals surface area contributed by atoms with Gasteiger partial charge in [0.25, 0.3) is 0 Å². The first-order chi connectivity index (χ1) is 11.4. The molecule has 1 N–H and O–H groups in total. The lowest BCUT2D eigenvalue weighted by molar-refractivity contribution is 0.0293. The van der Waals surface area contributed by atoms with Gasteiger partial charge in [0.1, 0.15) is 11.2 Å². The van der Waals surface area contributed by atoms with Crippen molar-refractivity contribution in [2.45, 2.75) is 65.2 Å². The van der Waals surface area contributed by atoms with Crippen LogP contribution in [0.5, 0.6) is 0 Å². The topological polar surface area (TPSA) is 85.7 Å². The maximum Gasteiger partial charge on any atom is 0.435 e. The fourth-order valence-electron chi connectivity index (χ4n) is 2.41. The number of amides is 1. The molecule has 1 saturated heterocycles. The molecule has 0 aromatic carbocycles. The molecule has 1 unspecified atom stereocenters. The minimum atomic E-state index is -0.573. The lowest BCUT2D eigenvalue weighted by atomic mass is 10.2. The van der Waals surface area contributed by atoms with Gasteiger partial charge in [0.05, 0.1) is 18.1 Å². The van der Waals surface area contributed by atoms with Crippen LogP contribution in [0.4, 0.5) is 15.3 Å². The predicted molar refractivity (Wildman–Crippen MR) is 93.7 cm³/mol. The standard InChI is InChI=1S/C17H28N4O4/c1-16(2,3)24-14(22)20-8-7-12(10-20)19-13-9-18-21(11-13)15(23)25-17(4,5)6/h9,11-12,19H,7-8,10H2,1-6H3. The molecule has 1 atom stereocenters. The van der Waals surface area contributed by atoms with Gasteiger partial charge in [-0.05, 0) is 48.0 Å². The number of nitrogens with one attached hydrogen (secondary N) is 1. The Kier molecular flexibility index (Phi) is 5.29. The van der Waals surface area contributed by atoms with E-state index < -0.39 is 17.3 Å². The Labute approximate surface area is 148 Å². The summed E-state index contributed by atoms with van der Waals surface area (Å²) in [4.78, 5) is 25.7. The van der Waals surface area contributed by atoms with Gasteiger partial charge in [-0.25, -0.2) is 9.59 Å². The Morgan fingerprint density at radius 2 is 1.72 bits per heavy atom. The Morgan fingerprint density at radius 3 is 2.32 bits per heavy atom. The molecule has 1 aliphatic heterocycles. The van der Waals surface area contributed by atoms with Gasteiger partial charge < -0.3 is 19.7 Å². The smallest absolute Gasteiger partial charge is 0.435 e. The van der Waals surface area contributed by atoms with Crippen molar-refractivity contribution in [2.24, 2.45) is 0 Å². The third kappa shape index (κ3) is 5.95. The molecule has 0 aliphatic carbocycles. The van der Waals surface area contributed by atoms with Gasteiger partial charge >= 0.3 is 12.2 Å². The van der Waals surface area contributed by atoms with E-state index in [1.165, 1.54) is 0 Å². The van der Waals surface area contributed by atoms with Crippen molar-refractivity contribution in [3.05, 3.63) is 12.4 Å². The van der Waals surface area contributed by atoms with E-state index in [4.69, 9.17) is 9.47 Å².